The van der Waals surface area contributed by atoms with Crippen LogP contribution < -0.4 is 0 Å². The zero-order valence-electron chi connectivity index (χ0n) is 7.77. The summed E-state index contributed by atoms with van der Waals surface area (Å²) in [6.45, 7) is 9.38. The number of aliphatic hydroxyl groups excluding tert-OH is 1. The summed E-state index contributed by atoms with van der Waals surface area (Å²) in [6, 6.07) is 0. The molecule has 0 aromatic heterocycles. The predicted molar refractivity (Wildman–Crippen MR) is 50.5 cm³/mol. The Morgan fingerprint density at radius 2 is 1.77 bits per heavy atom. The molecule has 0 rings (SSSR count). The molecule has 0 amide bonds. The fourth-order valence-electron chi connectivity index (χ4n) is 0.235. The molecule has 0 bridgehead atoms. The maximum Gasteiger partial charge on any atom is 0.332 e. The number of ether oxygens (including phenoxy) is 1. The van der Waals surface area contributed by atoms with Crippen LogP contribution in [0.15, 0.2) is 25.3 Å². The standard InChI is InChI=1S/C6H10O.C3H6O3/c1-3-5-7-6-4-2;1-2(4)3(5)6/h3-4H,1-2,5-6H2;2,4H,1H3,(H,5,6). The van der Waals surface area contributed by atoms with Crippen LogP contribution in [0.4, 0.5) is 0 Å². The molecule has 0 saturated carbocycles. The highest BCUT2D eigenvalue weighted by Crippen LogP contribution is 1.73. The lowest BCUT2D eigenvalue weighted by atomic mass is 10.4. The third kappa shape index (κ3) is 18.1. The molecule has 0 fully saturated rings. The Kier molecular flexibility index (Phi) is 12.0. The summed E-state index contributed by atoms with van der Waals surface area (Å²) in [4.78, 5) is 9.45. The highest BCUT2D eigenvalue weighted by Gasteiger charge is 2.01. The van der Waals surface area contributed by atoms with Crippen LogP contribution in [0, 0.1) is 0 Å². The Labute approximate surface area is 78.1 Å². The molecule has 0 aliphatic carbocycles. The van der Waals surface area contributed by atoms with Gasteiger partial charge in [-0.2, -0.15) is 0 Å². The van der Waals surface area contributed by atoms with Gasteiger partial charge in [0.2, 0.25) is 0 Å². The van der Waals surface area contributed by atoms with E-state index in [0.29, 0.717) is 13.2 Å². The van der Waals surface area contributed by atoms with Gasteiger partial charge in [0.25, 0.3) is 0 Å². The molecular formula is C9H16O4. The smallest absolute Gasteiger partial charge is 0.332 e. The lowest BCUT2D eigenvalue weighted by Gasteiger charge is -1.89. The van der Waals surface area contributed by atoms with E-state index < -0.39 is 12.1 Å². The monoisotopic (exact) mass is 188 g/mol. The van der Waals surface area contributed by atoms with E-state index in [1.807, 2.05) is 0 Å². The average molecular weight is 188 g/mol. The van der Waals surface area contributed by atoms with E-state index in [4.69, 9.17) is 14.9 Å². The number of carboxylic acids is 1. The molecule has 0 heterocycles. The van der Waals surface area contributed by atoms with Crippen molar-refractivity contribution in [2.45, 2.75) is 13.0 Å². The lowest BCUT2D eigenvalue weighted by Crippen LogP contribution is -2.13. The van der Waals surface area contributed by atoms with Gasteiger partial charge < -0.3 is 14.9 Å². The minimum atomic E-state index is -1.23. The molecule has 0 saturated heterocycles. The summed E-state index contributed by atoms with van der Waals surface area (Å²) in [5.41, 5.74) is 0. The summed E-state index contributed by atoms with van der Waals surface area (Å²) < 4.78 is 4.90. The third-order valence-electron chi connectivity index (χ3n) is 0.829. The van der Waals surface area contributed by atoms with Crippen LogP contribution >= 0.6 is 0 Å². The molecule has 76 valence electrons. The van der Waals surface area contributed by atoms with E-state index in [1.54, 1.807) is 12.2 Å². The molecule has 0 aromatic rings. The molecule has 0 aromatic carbocycles. The van der Waals surface area contributed by atoms with Gasteiger partial charge in [0.15, 0.2) is 0 Å². The topological polar surface area (TPSA) is 66.8 Å². The van der Waals surface area contributed by atoms with Gasteiger partial charge in [-0.3, -0.25) is 0 Å². The maximum atomic E-state index is 9.45. The van der Waals surface area contributed by atoms with Crippen LogP contribution in [0.25, 0.3) is 0 Å². The first kappa shape index (κ1) is 14.4. The van der Waals surface area contributed by atoms with Crippen molar-refractivity contribution >= 4 is 5.97 Å². The van der Waals surface area contributed by atoms with Crippen LogP contribution in [0.5, 0.6) is 0 Å². The van der Waals surface area contributed by atoms with E-state index in [9.17, 15) is 4.79 Å². The molecule has 0 aliphatic heterocycles. The minimum absolute atomic E-state index is 0.617. The summed E-state index contributed by atoms with van der Waals surface area (Å²) >= 11 is 0. The van der Waals surface area contributed by atoms with Crippen molar-refractivity contribution in [1.82, 2.24) is 0 Å². The van der Waals surface area contributed by atoms with E-state index >= 15 is 0 Å². The van der Waals surface area contributed by atoms with Gasteiger partial charge in [0.1, 0.15) is 6.10 Å². The number of hydrogen-bond donors (Lipinski definition) is 2. The van der Waals surface area contributed by atoms with Crippen molar-refractivity contribution in [1.29, 1.82) is 0 Å². The number of aliphatic hydroxyl groups is 1. The number of carboxylic acid groups (broad SMARTS) is 1. The molecule has 2 N–H and O–H groups in total. The van der Waals surface area contributed by atoms with E-state index in [2.05, 4.69) is 13.2 Å². The zero-order valence-corrected chi connectivity index (χ0v) is 7.77. The lowest BCUT2D eigenvalue weighted by molar-refractivity contribution is -0.145. The van der Waals surface area contributed by atoms with Gasteiger partial charge in [0.05, 0.1) is 13.2 Å². The van der Waals surface area contributed by atoms with Crippen LogP contribution in [0.1, 0.15) is 6.92 Å². The molecule has 0 aliphatic rings. The number of aliphatic carboxylic acids is 1. The first-order valence-corrected chi connectivity index (χ1v) is 3.76. The Hall–Kier alpha value is -1.13. The molecule has 1 atom stereocenters. The number of rotatable bonds is 5. The van der Waals surface area contributed by atoms with Gasteiger partial charge >= 0.3 is 5.97 Å². The van der Waals surface area contributed by atoms with Crippen molar-refractivity contribution < 1.29 is 19.7 Å². The zero-order chi connectivity index (χ0) is 10.7. The molecule has 4 heteroatoms. The van der Waals surface area contributed by atoms with Crippen molar-refractivity contribution in [3.05, 3.63) is 25.3 Å². The number of hydrogen-bond acceptors (Lipinski definition) is 3. The van der Waals surface area contributed by atoms with Gasteiger partial charge in [0, 0.05) is 0 Å². The van der Waals surface area contributed by atoms with E-state index in [0.717, 1.165) is 0 Å². The second-order valence-electron chi connectivity index (χ2n) is 2.13. The van der Waals surface area contributed by atoms with Crippen molar-refractivity contribution in [3.8, 4) is 0 Å². The van der Waals surface area contributed by atoms with Gasteiger partial charge in [-0.25, -0.2) is 4.79 Å². The highest BCUT2D eigenvalue weighted by molar-refractivity contribution is 5.71. The Morgan fingerprint density at radius 3 is 1.92 bits per heavy atom. The second kappa shape index (κ2) is 10.9. The average Bonchev–Trinajstić information content (AvgIpc) is 2.06. The third-order valence-corrected chi connectivity index (χ3v) is 0.829. The molecule has 13 heavy (non-hydrogen) atoms. The Balaban J connectivity index is 0. The first-order valence-electron chi connectivity index (χ1n) is 3.76. The Morgan fingerprint density at radius 1 is 1.46 bits per heavy atom. The summed E-state index contributed by atoms with van der Waals surface area (Å²) in [7, 11) is 0. The summed E-state index contributed by atoms with van der Waals surface area (Å²) in [5.74, 6) is -1.19. The number of carbonyl (C=O) groups is 1. The van der Waals surface area contributed by atoms with Gasteiger partial charge in [-0.15, -0.1) is 13.2 Å². The highest BCUT2D eigenvalue weighted by atomic mass is 16.5. The van der Waals surface area contributed by atoms with Crippen LogP contribution in [0.3, 0.4) is 0 Å². The maximum absolute atomic E-state index is 9.45. The van der Waals surface area contributed by atoms with Crippen LogP contribution in [-0.2, 0) is 9.53 Å². The first-order chi connectivity index (χ1) is 6.06. The van der Waals surface area contributed by atoms with Gasteiger partial charge in [-0.05, 0) is 6.92 Å². The molecule has 0 radical (unpaired) electrons. The molecule has 0 spiro atoms. The second-order valence-corrected chi connectivity index (χ2v) is 2.13. The van der Waals surface area contributed by atoms with Crippen LogP contribution in [0.2, 0.25) is 0 Å². The summed E-state index contributed by atoms with van der Waals surface area (Å²) in [6.07, 6.45) is 2.19. The fraction of sp³-hybridized carbons (Fsp3) is 0.444. The largest absolute Gasteiger partial charge is 0.479 e. The van der Waals surface area contributed by atoms with Crippen molar-refractivity contribution in [3.63, 3.8) is 0 Å². The molecule has 4 nitrogen and oxygen atoms in total. The molecular weight excluding hydrogens is 172 g/mol. The Bertz CT molecular complexity index is 144. The van der Waals surface area contributed by atoms with Gasteiger partial charge in [-0.1, -0.05) is 12.2 Å². The minimum Gasteiger partial charge on any atom is -0.479 e. The van der Waals surface area contributed by atoms with Crippen molar-refractivity contribution in [2.75, 3.05) is 13.2 Å². The normalized spacial score (nSPS) is 10.6. The quantitative estimate of drug-likeness (QED) is 0.495. The SMILES string of the molecule is C=CCOCC=C.CC(O)C(=O)O. The van der Waals surface area contributed by atoms with E-state index in [-0.39, 0.29) is 0 Å². The summed E-state index contributed by atoms with van der Waals surface area (Å²) in [5, 5.41) is 15.8. The fourth-order valence-corrected chi connectivity index (χ4v) is 0.235. The predicted octanol–water partition coefficient (Wildman–Crippen LogP) is 0.827. The van der Waals surface area contributed by atoms with E-state index in [1.165, 1.54) is 6.92 Å². The van der Waals surface area contributed by atoms with Crippen LogP contribution in [-0.4, -0.2) is 35.5 Å². The van der Waals surface area contributed by atoms with Crippen molar-refractivity contribution in [2.24, 2.45) is 0 Å². The molecule has 1 unspecified atom stereocenters.